The van der Waals surface area contributed by atoms with Gasteiger partial charge in [0.2, 0.25) is 0 Å². The average Bonchev–Trinajstić information content (AvgIpc) is 3.29. The van der Waals surface area contributed by atoms with Gasteiger partial charge in [0, 0.05) is 6.42 Å². The topological polar surface area (TPSA) is 97.6 Å². The van der Waals surface area contributed by atoms with Gasteiger partial charge < -0.3 is 19.8 Å². The fourth-order valence-electron chi connectivity index (χ4n) is 2.67. The van der Waals surface area contributed by atoms with Gasteiger partial charge in [0.25, 0.3) is 11.8 Å². The van der Waals surface area contributed by atoms with E-state index >= 15 is 0 Å². The number of rotatable bonds is 8. The number of amides is 2. The fraction of sp³-hybridized carbons (Fsp3) is 0.136. The SMILES string of the molecule is O=C(COC(=O)[C@H](Cc1ccccc1)NC(=O)c1ccco1)Nc1ccccc1F. The van der Waals surface area contributed by atoms with Gasteiger partial charge in [-0.15, -0.1) is 0 Å². The van der Waals surface area contributed by atoms with Crippen LogP contribution in [0.15, 0.2) is 77.4 Å². The summed E-state index contributed by atoms with van der Waals surface area (Å²) in [6.07, 6.45) is 1.49. The molecule has 1 atom stereocenters. The molecule has 0 unspecified atom stereocenters. The Bertz CT molecular complexity index is 1010. The van der Waals surface area contributed by atoms with Crippen molar-refractivity contribution in [1.29, 1.82) is 0 Å². The maximum Gasteiger partial charge on any atom is 0.329 e. The third kappa shape index (κ3) is 5.78. The molecule has 0 fully saturated rings. The van der Waals surface area contributed by atoms with Crippen LogP contribution in [-0.4, -0.2) is 30.4 Å². The second-order valence-electron chi connectivity index (χ2n) is 6.33. The Morgan fingerprint density at radius 1 is 0.967 bits per heavy atom. The Hall–Kier alpha value is -3.94. The van der Waals surface area contributed by atoms with Gasteiger partial charge in [-0.3, -0.25) is 9.59 Å². The first-order valence-corrected chi connectivity index (χ1v) is 9.12. The molecule has 0 radical (unpaired) electrons. The molecule has 0 saturated carbocycles. The van der Waals surface area contributed by atoms with Gasteiger partial charge in [0.1, 0.15) is 11.9 Å². The van der Waals surface area contributed by atoms with Gasteiger partial charge in [-0.25, -0.2) is 9.18 Å². The molecule has 154 valence electrons. The monoisotopic (exact) mass is 410 g/mol. The number of furan rings is 1. The second kappa shape index (κ2) is 10.0. The van der Waals surface area contributed by atoms with Crippen LogP contribution in [0.25, 0.3) is 0 Å². The number of anilines is 1. The molecular formula is C22H19FN2O5. The number of esters is 1. The summed E-state index contributed by atoms with van der Waals surface area (Å²) < 4.78 is 23.7. The number of carbonyl (C=O) groups is 3. The zero-order valence-electron chi connectivity index (χ0n) is 15.8. The molecule has 3 aromatic rings. The molecule has 1 aromatic heterocycles. The largest absolute Gasteiger partial charge is 0.459 e. The Morgan fingerprint density at radius 2 is 1.70 bits per heavy atom. The number of hydrogen-bond donors (Lipinski definition) is 2. The van der Waals surface area contributed by atoms with Crippen LogP contribution in [0, 0.1) is 5.82 Å². The van der Waals surface area contributed by atoms with Crippen molar-refractivity contribution in [2.45, 2.75) is 12.5 Å². The number of para-hydroxylation sites is 1. The number of ether oxygens (including phenoxy) is 1. The van der Waals surface area contributed by atoms with Crippen molar-refractivity contribution in [2.75, 3.05) is 11.9 Å². The molecule has 0 aliphatic heterocycles. The lowest BCUT2D eigenvalue weighted by atomic mass is 10.1. The molecule has 0 aliphatic rings. The van der Waals surface area contributed by atoms with Crippen molar-refractivity contribution in [3.05, 3.63) is 90.1 Å². The molecule has 1 heterocycles. The zero-order chi connectivity index (χ0) is 21.3. The molecule has 30 heavy (non-hydrogen) atoms. The normalized spacial score (nSPS) is 11.4. The molecule has 0 saturated heterocycles. The average molecular weight is 410 g/mol. The molecule has 2 aromatic carbocycles. The van der Waals surface area contributed by atoms with Crippen molar-refractivity contribution in [3.63, 3.8) is 0 Å². The highest BCUT2D eigenvalue weighted by Gasteiger charge is 2.25. The molecule has 0 bridgehead atoms. The number of carbonyl (C=O) groups excluding carboxylic acids is 3. The third-order valence-electron chi connectivity index (χ3n) is 4.11. The van der Waals surface area contributed by atoms with E-state index in [4.69, 9.17) is 9.15 Å². The predicted octanol–water partition coefficient (Wildman–Crippen LogP) is 2.94. The fourth-order valence-corrected chi connectivity index (χ4v) is 2.67. The van der Waals surface area contributed by atoms with Gasteiger partial charge in [0.05, 0.1) is 12.0 Å². The lowest BCUT2D eigenvalue weighted by molar-refractivity contribution is -0.149. The molecule has 2 N–H and O–H groups in total. The molecule has 3 rings (SSSR count). The summed E-state index contributed by atoms with van der Waals surface area (Å²) in [5, 5.41) is 4.88. The van der Waals surface area contributed by atoms with Crippen molar-refractivity contribution in [1.82, 2.24) is 5.32 Å². The van der Waals surface area contributed by atoms with Crippen LogP contribution in [0.5, 0.6) is 0 Å². The van der Waals surface area contributed by atoms with Crippen molar-refractivity contribution >= 4 is 23.5 Å². The first kappa shape index (κ1) is 20.8. The molecule has 2 amide bonds. The molecular weight excluding hydrogens is 391 g/mol. The highest BCUT2D eigenvalue weighted by Crippen LogP contribution is 2.12. The Kier molecular flexibility index (Phi) is 6.94. The highest BCUT2D eigenvalue weighted by atomic mass is 19.1. The maximum absolute atomic E-state index is 13.6. The number of halogens is 1. The van der Waals surface area contributed by atoms with E-state index in [0.29, 0.717) is 0 Å². The summed E-state index contributed by atoms with van der Waals surface area (Å²) in [7, 11) is 0. The first-order chi connectivity index (χ1) is 14.5. The summed E-state index contributed by atoms with van der Waals surface area (Å²) in [5.41, 5.74) is 0.764. The van der Waals surface area contributed by atoms with Crippen molar-refractivity contribution < 1.29 is 27.9 Å². The molecule has 8 heteroatoms. The van der Waals surface area contributed by atoms with Gasteiger partial charge >= 0.3 is 5.97 Å². The van der Waals surface area contributed by atoms with Crippen molar-refractivity contribution in [3.8, 4) is 0 Å². The molecule has 0 spiro atoms. The first-order valence-electron chi connectivity index (χ1n) is 9.12. The van der Waals surface area contributed by atoms with E-state index in [9.17, 15) is 18.8 Å². The Labute approximate surface area is 171 Å². The number of nitrogens with one attached hydrogen (secondary N) is 2. The maximum atomic E-state index is 13.6. The smallest absolute Gasteiger partial charge is 0.329 e. The van der Waals surface area contributed by atoms with E-state index in [-0.39, 0.29) is 17.9 Å². The zero-order valence-corrected chi connectivity index (χ0v) is 15.8. The van der Waals surface area contributed by atoms with Crippen molar-refractivity contribution in [2.24, 2.45) is 0 Å². The lowest BCUT2D eigenvalue weighted by Gasteiger charge is -2.17. The second-order valence-corrected chi connectivity index (χ2v) is 6.33. The van der Waals surface area contributed by atoms with E-state index in [1.165, 1.54) is 30.5 Å². The minimum Gasteiger partial charge on any atom is -0.459 e. The van der Waals surface area contributed by atoms with E-state index in [0.717, 1.165) is 5.56 Å². The van der Waals surface area contributed by atoms with E-state index in [1.54, 1.807) is 36.4 Å². The van der Waals surface area contributed by atoms with Crippen LogP contribution < -0.4 is 10.6 Å². The van der Waals surface area contributed by atoms with Crippen LogP contribution in [0.3, 0.4) is 0 Å². The van der Waals surface area contributed by atoms with Crippen LogP contribution in [0.4, 0.5) is 10.1 Å². The number of hydrogen-bond acceptors (Lipinski definition) is 5. The summed E-state index contributed by atoms with van der Waals surface area (Å²) in [4.78, 5) is 36.9. The summed E-state index contributed by atoms with van der Waals surface area (Å²) in [5.74, 6) is -2.66. The number of benzene rings is 2. The van der Waals surface area contributed by atoms with Gasteiger partial charge in [-0.1, -0.05) is 42.5 Å². The Balaban J connectivity index is 1.62. The van der Waals surface area contributed by atoms with Gasteiger partial charge in [-0.05, 0) is 29.8 Å². The van der Waals surface area contributed by atoms with E-state index in [1.807, 2.05) is 6.07 Å². The quantitative estimate of drug-likeness (QED) is 0.557. The summed E-state index contributed by atoms with van der Waals surface area (Å²) in [6, 6.07) is 16.6. The van der Waals surface area contributed by atoms with Crippen LogP contribution >= 0.6 is 0 Å². The summed E-state index contributed by atoms with van der Waals surface area (Å²) in [6.45, 7) is -0.630. The van der Waals surface area contributed by atoms with Gasteiger partial charge in [0.15, 0.2) is 12.4 Å². The molecule has 0 aliphatic carbocycles. The third-order valence-corrected chi connectivity index (χ3v) is 4.11. The minimum atomic E-state index is -1.05. The van der Waals surface area contributed by atoms with Crippen LogP contribution in [-0.2, 0) is 20.7 Å². The Morgan fingerprint density at radius 3 is 2.40 bits per heavy atom. The van der Waals surface area contributed by atoms with E-state index < -0.39 is 36.2 Å². The lowest BCUT2D eigenvalue weighted by Crippen LogP contribution is -2.44. The minimum absolute atomic E-state index is 0.0227. The van der Waals surface area contributed by atoms with Crippen LogP contribution in [0.2, 0.25) is 0 Å². The molecule has 7 nitrogen and oxygen atoms in total. The summed E-state index contributed by atoms with van der Waals surface area (Å²) >= 11 is 0. The van der Waals surface area contributed by atoms with E-state index in [2.05, 4.69) is 10.6 Å². The standard InChI is InChI=1S/C22H19FN2O5/c23-16-9-4-5-10-17(16)24-20(26)14-30-22(28)18(13-15-7-2-1-3-8-15)25-21(27)19-11-6-12-29-19/h1-12,18H,13-14H2,(H,24,26)(H,25,27)/t18-/m0/s1. The van der Waals surface area contributed by atoms with Gasteiger partial charge in [-0.2, -0.15) is 0 Å². The highest BCUT2D eigenvalue weighted by molar-refractivity contribution is 5.96. The van der Waals surface area contributed by atoms with Crippen LogP contribution in [0.1, 0.15) is 16.1 Å². The predicted molar refractivity (Wildman–Crippen MR) is 106 cm³/mol.